The van der Waals surface area contributed by atoms with Crippen molar-refractivity contribution < 1.29 is 4.79 Å². The molecule has 12 heavy (non-hydrogen) atoms. The van der Waals surface area contributed by atoms with E-state index in [1.807, 2.05) is 6.92 Å². The van der Waals surface area contributed by atoms with E-state index in [1.54, 1.807) is 0 Å². The van der Waals surface area contributed by atoms with Crippen LogP contribution in [-0.4, -0.2) is 16.1 Å². The Bertz CT molecular complexity index is 318. The molecule has 1 aromatic rings. The van der Waals surface area contributed by atoms with E-state index in [0.717, 1.165) is 11.4 Å². The highest BCUT2D eigenvalue weighted by molar-refractivity contribution is 7.12. The molecule has 0 unspecified atom stereocenters. The Hall–Kier alpha value is -1.23. The molecule has 0 aromatic carbocycles. The number of amides is 1. The SMILES string of the molecule is C=C(C(N)=O)c1nnc(CC)s1. The zero-order chi connectivity index (χ0) is 9.14. The van der Waals surface area contributed by atoms with Crippen molar-refractivity contribution in [2.45, 2.75) is 13.3 Å². The Kier molecular flexibility index (Phi) is 2.54. The average molecular weight is 183 g/mol. The van der Waals surface area contributed by atoms with Gasteiger partial charge < -0.3 is 5.73 Å². The van der Waals surface area contributed by atoms with E-state index in [4.69, 9.17) is 5.73 Å². The van der Waals surface area contributed by atoms with Crippen LogP contribution in [0.25, 0.3) is 5.57 Å². The quantitative estimate of drug-likeness (QED) is 0.697. The van der Waals surface area contributed by atoms with Crippen LogP contribution >= 0.6 is 11.3 Å². The van der Waals surface area contributed by atoms with Gasteiger partial charge in [-0.1, -0.05) is 24.8 Å². The normalized spacial score (nSPS) is 9.75. The fraction of sp³-hybridized carbons (Fsp3) is 0.286. The summed E-state index contributed by atoms with van der Waals surface area (Å²) in [4.78, 5) is 10.7. The summed E-state index contributed by atoms with van der Waals surface area (Å²) in [6.45, 7) is 5.48. The minimum Gasteiger partial charge on any atom is -0.366 e. The number of hydrogen-bond acceptors (Lipinski definition) is 4. The maximum absolute atomic E-state index is 10.7. The molecule has 0 fully saturated rings. The molecule has 0 atom stereocenters. The number of primary amides is 1. The monoisotopic (exact) mass is 183 g/mol. The molecule has 1 rings (SSSR count). The average Bonchev–Trinajstić information content (AvgIpc) is 2.50. The van der Waals surface area contributed by atoms with Gasteiger partial charge in [0.1, 0.15) is 5.01 Å². The van der Waals surface area contributed by atoms with Crippen LogP contribution < -0.4 is 5.73 Å². The van der Waals surface area contributed by atoms with Crippen LogP contribution in [-0.2, 0) is 11.2 Å². The molecule has 0 radical (unpaired) electrons. The summed E-state index contributed by atoms with van der Waals surface area (Å²) in [6.07, 6.45) is 0.809. The zero-order valence-electron chi connectivity index (χ0n) is 6.70. The van der Waals surface area contributed by atoms with Crippen LogP contribution in [0.1, 0.15) is 16.9 Å². The minimum atomic E-state index is -0.547. The van der Waals surface area contributed by atoms with Gasteiger partial charge >= 0.3 is 0 Å². The second-order valence-electron chi connectivity index (χ2n) is 2.20. The lowest BCUT2D eigenvalue weighted by Crippen LogP contribution is -2.11. The minimum absolute atomic E-state index is 0.229. The molecule has 0 aliphatic heterocycles. The largest absolute Gasteiger partial charge is 0.366 e. The van der Waals surface area contributed by atoms with Crippen molar-refractivity contribution in [1.82, 2.24) is 10.2 Å². The number of carbonyl (C=O) groups excluding carboxylic acids is 1. The van der Waals surface area contributed by atoms with E-state index in [1.165, 1.54) is 11.3 Å². The van der Waals surface area contributed by atoms with Crippen LogP contribution in [0.15, 0.2) is 6.58 Å². The van der Waals surface area contributed by atoms with Crippen LogP contribution in [0.4, 0.5) is 0 Å². The van der Waals surface area contributed by atoms with E-state index in [0.29, 0.717) is 5.01 Å². The molecule has 64 valence electrons. The summed E-state index contributed by atoms with van der Waals surface area (Å²) >= 11 is 1.35. The van der Waals surface area contributed by atoms with Gasteiger partial charge in [-0.3, -0.25) is 4.79 Å². The molecule has 1 amide bonds. The van der Waals surface area contributed by atoms with Gasteiger partial charge in [-0.15, -0.1) is 10.2 Å². The second kappa shape index (κ2) is 3.44. The molecule has 0 aliphatic rings. The van der Waals surface area contributed by atoms with Crippen molar-refractivity contribution >= 4 is 22.8 Å². The third kappa shape index (κ3) is 1.68. The molecule has 5 heteroatoms. The van der Waals surface area contributed by atoms with Crippen molar-refractivity contribution in [3.05, 3.63) is 16.6 Å². The van der Waals surface area contributed by atoms with Crippen LogP contribution in [0, 0.1) is 0 Å². The van der Waals surface area contributed by atoms with Gasteiger partial charge in [0.05, 0.1) is 5.57 Å². The van der Waals surface area contributed by atoms with Crippen LogP contribution in [0.3, 0.4) is 0 Å². The molecular formula is C7H9N3OS. The van der Waals surface area contributed by atoms with Gasteiger partial charge in [-0.25, -0.2) is 0 Å². The van der Waals surface area contributed by atoms with E-state index in [9.17, 15) is 4.79 Å². The van der Waals surface area contributed by atoms with E-state index >= 15 is 0 Å². The molecule has 0 spiro atoms. The molecule has 0 saturated heterocycles. The molecule has 0 aliphatic carbocycles. The van der Waals surface area contributed by atoms with Crippen LogP contribution in [0.5, 0.6) is 0 Å². The Labute approximate surface area is 74.1 Å². The number of nitrogens with zero attached hydrogens (tertiary/aromatic N) is 2. The van der Waals surface area contributed by atoms with Gasteiger partial charge in [0.15, 0.2) is 5.01 Å². The maximum Gasteiger partial charge on any atom is 0.251 e. The van der Waals surface area contributed by atoms with Gasteiger partial charge in [-0.05, 0) is 6.42 Å². The fourth-order valence-electron chi connectivity index (χ4n) is 0.624. The predicted molar refractivity (Wildman–Crippen MR) is 47.5 cm³/mol. The van der Waals surface area contributed by atoms with Crippen molar-refractivity contribution in [3.8, 4) is 0 Å². The van der Waals surface area contributed by atoms with Crippen molar-refractivity contribution in [2.75, 3.05) is 0 Å². The van der Waals surface area contributed by atoms with Crippen molar-refractivity contribution in [2.24, 2.45) is 5.73 Å². The molecule has 1 aromatic heterocycles. The summed E-state index contributed by atoms with van der Waals surface area (Å²) in [5.74, 6) is -0.547. The third-order valence-electron chi connectivity index (χ3n) is 1.32. The molecule has 4 nitrogen and oxygen atoms in total. The van der Waals surface area contributed by atoms with Crippen molar-refractivity contribution in [1.29, 1.82) is 0 Å². The number of nitrogens with two attached hydrogens (primary N) is 1. The molecule has 0 saturated carbocycles. The van der Waals surface area contributed by atoms with Gasteiger partial charge in [-0.2, -0.15) is 0 Å². The first-order valence-corrected chi connectivity index (χ1v) is 4.28. The van der Waals surface area contributed by atoms with Crippen LogP contribution in [0.2, 0.25) is 0 Å². The first kappa shape index (κ1) is 8.86. The highest BCUT2D eigenvalue weighted by atomic mass is 32.1. The Morgan fingerprint density at radius 2 is 2.33 bits per heavy atom. The standard InChI is InChI=1S/C7H9N3OS/c1-3-5-9-10-7(12-5)4(2)6(8)11/h2-3H2,1H3,(H2,8,11). The number of rotatable bonds is 3. The summed E-state index contributed by atoms with van der Waals surface area (Å²) in [6, 6.07) is 0. The first-order chi connectivity index (χ1) is 5.65. The lowest BCUT2D eigenvalue weighted by Gasteiger charge is -1.90. The Balaban J connectivity index is 2.89. The van der Waals surface area contributed by atoms with Crippen molar-refractivity contribution in [3.63, 3.8) is 0 Å². The maximum atomic E-state index is 10.7. The van der Waals surface area contributed by atoms with E-state index in [2.05, 4.69) is 16.8 Å². The van der Waals surface area contributed by atoms with E-state index in [-0.39, 0.29) is 5.57 Å². The highest BCUT2D eigenvalue weighted by Gasteiger charge is 2.10. The number of aromatic nitrogens is 2. The summed E-state index contributed by atoms with van der Waals surface area (Å²) in [5, 5.41) is 9.01. The lowest BCUT2D eigenvalue weighted by molar-refractivity contribution is -0.112. The van der Waals surface area contributed by atoms with Gasteiger partial charge in [0.25, 0.3) is 5.91 Å². The number of aryl methyl sites for hydroxylation is 1. The molecule has 2 N–H and O–H groups in total. The van der Waals surface area contributed by atoms with E-state index < -0.39 is 5.91 Å². The Morgan fingerprint density at radius 1 is 1.67 bits per heavy atom. The smallest absolute Gasteiger partial charge is 0.251 e. The third-order valence-corrected chi connectivity index (χ3v) is 2.45. The predicted octanol–water partition coefficient (Wildman–Crippen LogP) is 0.599. The fourth-order valence-corrected chi connectivity index (χ4v) is 1.38. The van der Waals surface area contributed by atoms with Gasteiger partial charge in [0.2, 0.25) is 0 Å². The summed E-state index contributed by atoms with van der Waals surface area (Å²) < 4.78 is 0. The molecular weight excluding hydrogens is 174 g/mol. The lowest BCUT2D eigenvalue weighted by atomic mass is 10.3. The Morgan fingerprint density at radius 3 is 2.75 bits per heavy atom. The summed E-state index contributed by atoms with van der Waals surface area (Å²) in [7, 11) is 0. The van der Waals surface area contributed by atoms with Gasteiger partial charge in [0, 0.05) is 0 Å². The zero-order valence-corrected chi connectivity index (χ0v) is 7.52. The first-order valence-electron chi connectivity index (χ1n) is 3.46. The topological polar surface area (TPSA) is 68.9 Å². The highest BCUT2D eigenvalue weighted by Crippen LogP contribution is 2.17. The number of hydrogen-bond donors (Lipinski definition) is 1. The number of carbonyl (C=O) groups is 1. The molecule has 1 heterocycles. The summed E-state index contributed by atoms with van der Waals surface area (Å²) in [5.41, 5.74) is 5.25. The second-order valence-corrected chi connectivity index (χ2v) is 3.26. The molecule has 0 bridgehead atoms.